The molecule has 0 heterocycles. The number of rotatable bonds is 4. The van der Waals surface area contributed by atoms with E-state index in [0.717, 1.165) is 12.8 Å². The SMILES string of the molecule is COP(=O)(OC)C(O)[C@@H]1C(C)(C)[C@@H]2CC[C@@]1(C)C2. The van der Waals surface area contributed by atoms with Crippen LogP contribution in [-0.4, -0.2) is 25.2 Å². The Morgan fingerprint density at radius 2 is 1.83 bits per heavy atom. The second-order valence-electron chi connectivity index (χ2n) is 6.71. The molecule has 2 aliphatic carbocycles. The van der Waals surface area contributed by atoms with Gasteiger partial charge in [0.1, 0.15) is 0 Å². The first kappa shape index (κ1) is 14.5. The Balaban J connectivity index is 2.35. The fraction of sp³-hybridized carbons (Fsp3) is 1.00. The number of hydrogen-bond acceptors (Lipinski definition) is 4. The number of aliphatic hydroxyl groups excluding tert-OH is 1. The summed E-state index contributed by atoms with van der Waals surface area (Å²) in [7, 11) is -0.732. The lowest BCUT2D eigenvalue weighted by Crippen LogP contribution is -2.43. The minimum atomic E-state index is -3.42. The Morgan fingerprint density at radius 3 is 2.22 bits per heavy atom. The molecule has 0 spiro atoms. The Labute approximate surface area is 110 Å². The van der Waals surface area contributed by atoms with Crippen molar-refractivity contribution in [1.82, 2.24) is 0 Å². The molecule has 0 saturated heterocycles. The highest BCUT2D eigenvalue weighted by Gasteiger charge is 2.64. The predicted molar refractivity (Wildman–Crippen MR) is 70.4 cm³/mol. The summed E-state index contributed by atoms with van der Waals surface area (Å²) in [5.41, 5.74) is 0.0411. The standard InChI is InChI=1S/C13H25O4P/c1-12(2)9-6-7-13(3,8-9)10(12)11(14)18(15,16-4)17-5/h9-11,14H,6-8H2,1-5H3/t9-,10-,11?,13+/m1/s1. The summed E-state index contributed by atoms with van der Waals surface area (Å²) in [5.74, 6) is -0.461. The quantitative estimate of drug-likeness (QED) is 0.801. The van der Waals surface area contributed by atoms with Gasteiger partial charge in [-0.1, -0.05) is 20.8 Å². The number of aliphatic hydroxyl groups is 1. The van der Waals surface area contributed by atoms with E-state index in [9.17, 15) is 9.67 Å². The van der Waals surface area contributed by atoms with Crippen LogP contribution < -0.4 is 0 Å². The smallest absolute Gasteiger partial charge is 0.358 e. The number of fused-ring (bicyclic) bond motifs is 2. The first-order valence-corrected chi connectivity index (χ1v) is 8.22. The Bertz CT molecular complexity index is 368. The van der Waals surface area contributed by atoms with Crippen LogP contribution in [0.5, 0.6) is 0 Å². The molecule has 18 heavy (non-hydrogen) atoms. The van der Waals surface area contributed by atoms with E-state index in [1.807, 2.05) is 0 Å². The van der Waals surface area contributed by atoms with Crippen molar-refractivity contribution < 1.29 is 18.7 Å². The van der Waals surface area contributed by atoms with Crippen molar-refractivity contribution >= 4 is 7.60 Å². The molecule has 2 rings (SSSR count). The molecule has 0 aromatic heterocycles. The van der Waals surface area contributed by atoms with Crippen LogP contribution >= 0.6 is 7.60 Å². The molecule has 4 atom stereocenters. The highest BCUT2D eigenvalue weighted by molar-refractivity contribution is 7.54. The van der Waals surface area contributed by atoms with Crippen LogP contribution in [0.15, 0.2) is 0 Å². The summed E-state index contributed by atoms with van der Waals surface area (Å²) in [4.78, 5) is 0. The van der Waals surface area contributed by atoms with Crippen molar-refractivity contribution in [3.63, 3.8) is 0 Å². The molecule has 0 radical (unpaired) electrons. The molecular formula is C13H25O4P. The van der Waals surface area contributed by atoms with Crippen LogP contribution in [0.1, 0.15) is 40.0 Å². The molecule has 4 nitrogen and oxygen atoms in total. The van der Waals surface area contributed by atoms with Crippen molar-refractivity contribution in [3.05, 3.63) is 0 Å². The zero-order valence-electron chi connectivity index (χ0n) is 12.0. The molecule has 2 fully saturated rings. The fourth-order valence-electron chi connectivity index (χ4n) is 4.56. The Morgan fingerprint density at radius 1 is 1.28 bits per heavy atom. The molecule has 2 aliphatic rings. The maximum Gasteiger partial charge on any atom is 0.358 e. The average Bonchev–Trinajstić information content (AvgIpc) is 2.78. The van der Waals surface area contributed by atoms with Crippen LogP contribution in [0.4, 0.5) is 0 Å². The summed E-state index contributed by atoms with van der Waals surface area (Å²) in [6.45, 7) is 6.54. The van der Waals surface area contributed by atoms with Gasteiger partial charge in [0.05, 0.1) is 0 Å². The second kappa shape index (κ2) is 4.31. The predicted octanol–water partition coefficient (Wildman–Crippen LogP) is 3.25. The van der Waals surface area contributed by atoms with E-state index in [-0.39, 0.29) is 16.7 Å². The van der Waals surface area contributed by atoms with Crippen LogP contribution in [0, 0.1) is 22.7 Å². The fourth-order valence-corrected chi connectivity index (χ4v) is 6.25. The summed E-state index contributed by atoms with van der Waals surface area (Å²) >= 11 is 0. The molecule has 0 aliphatic heterocycles. The monoisotopic (exact) mass is 276 g/mol. The lowest BCUT2D eigenvalue weighted by molar-refractivity contribution is -0.0108. The van der Waals surface area contributed by atoms with Crippen molar-refractivity contribution in [2.45, 2.75) is 45.9 Å². The van der Waals surface area contributed by atoms with Gasteiger partial charge in [-0.05, 0) is 36.0 Å². The maximum absolute atomic E-state index is 12.4. The molecule has 0 aromatic carbocycles. The van der Waals surface area contributed by atoms with E-state index in [1.165, 1.54) is 20.6 Å². The third-order valence-corrected chi connectivity index (χ3v) is 7.48. The van der Waals surface area contributed by atoms with Gasteiger partial charge in [-0.2, -0.15) is 0 Å². The van der Waals surface area contributed by atoms with Crippen molar-refractivity contribution in [3.8, 4) is 0 Å². The third-order valence-electron chi connectivity index (χ3n) is 5.51. The summed E-state index contributed by atoms with van der Waals surface area (Å²) in [6, 6.07) is 0. The molecule has 1 unspecified atom stereocenters. The average molecular weight is 276 g/mol. The molecular weight excluding hydrogens is 251 g/mol. The van der Waals surface area contributed by atoms with E-state index in [4.69, 9.17) is 9.05 Å². The highest BCUT2D eigenvalue weighted by Crippen LogP contribution is 2.71. The Kier molecular flexibility index (Phi) is 3.47. The van der Waals surface area contributed by atoms with Crippen molar-refractivity contribution in [2.24, 2.45) is 22.7 Å². The minimum absolute atomic E-state index is 0.0147. The van der Waals surface area contributed by atoms with E-state index < -0.39 is 13.4 Å². The van der Waals surface area contributed by atoms with Gasteiger partial charge in [0, 0.05) is 20.1 Å². The van der Waals surface area contributed by atoms with E-state index in [1.54, 1.807) is 0 Å². The normalized spacial score (nSPS) is 40.1. The zero-order valence-corrected chi connectivity index (χ0v) is 12.9. The van der Waals surface area contributed by atoms with E-state index in [0.29, 0.717) is 5.92 Å². The molecule has 0 aromatic rings. The summed E-state index contributed by atoms with van der Waals surface area (Å²) in [5, 5.41) is 10.6. The second-order valence-corrected chi connectivity index (χ2v) is 9.05. The number of hydrogen-bond donors (Lipinski definition) is 1. The van der Waals surface area contributed by atoms with Crippen LogP contribution in [0.2, 0.25) is 0 Å². The van der Waals surface area contributed by atoms with E-state index in [2.05, 4.69) is 20.8 Å². The largest absolute Gasteiger partial charge is 0.380 e. The highest BCUT2D eigenvalue weighted by atomic mass is 31.2. The first-order valence-electron chi connectivity index (χ1n) is 6.60. The molecule has 0 amide bonds. The summed E-state index contributed by atoms with van der Waals surface area (Å²) in [6.07, 6.45) is 3.41. The lowest BCUT2D eigenvalue weighted by atomic mass is 9.64. The third kappa shape index (κ3) is 1.81. The maximum atomic E-state index is 12.4. The minimum Gasteiger partial charge on any atom is -0.380 e. The summed E-state index contributed by atoms with van der Waals surface area (Å²) < 4.78 is 22.4. The van der Waals surface area contributed by atoms with Gasteiger partial charge in [-0.25, -0.2) is 0 Å². The van der Waals surface area contributed by atoms with Crippen LogP contribution in [-0.2, 0) is 13.6 Å². The topological polar surface area (TPSA) is 55.8 Å². The van der Waals surface area contributed by atoms with Crippen LogP contribution in [0.25, 0.3) is 0 Å². The molecule has 1 N–H and O–H groups in total. The van der Waals surface area contributed by atoms with Crippen LogP contribution in [0.3, 0.4) is 0 Å². The van der Waals surface area contributed by atoms with Gasteiger partial charge < -0.3 is 14.2 Å². The lowest BCUT2D eigenvalue weighted by Gasteiger charge is -2.45. The molecule has 2 saturated carbocycles. The van der Waals surface area contributed by atoms with Gasteiger partial charge in [0.25, 0.3) is 0 Å². The zero-order chi connectivity index (χ0) is 13.8. The Hall–Kier alpha value is 0.110. The van der Waals surface area contributed by atoms with Gasteiger partial charge in [0.15, 0.2) is 5.85 Å². The van der Waals surface area contributed by atoms with E-state index >= 15 is 0 Å². The van der Waals surface area contributed by atoms with Crippen molar-refractivity contribution in [2.75, 3.05) is 14.2 Å². The molecule has 106 valence electrons. The first-order chi connectivity index (χ1) is 8.21. The molecule has 5 heteroatoms. The van der Waals surface area contributed by atoms with Gasteiger partial charge in [-0.3, -0.25) is 4.57 Å². The van der Waals surface area contributed by atoms with Crippen molar-refractivity contribution in [1.29, 1.82) is 0 Å². The molecule has 2 bridgehead atoms. The van der Waals surface area contributed by atoms with Gasteiger partial charge in [0.2, 0.25) is 0 Å². The van der Waals surface area contributed by atoms with Gasteiger partial charge >= 0.3 is 7.60 Å². The van der Waals surface area contributed by atoms with Gasteiger partial charge in [-0.15, -0.1) is 0 Å².